The summed E-state index contributed by atoms with van der Waals surface area (Å²) in [5.41, 5.74) is 5.38. The first-order valence-electron chi connectivity index (χ1n) is 9.16. The molecule has 1 saturated carbocycles. The van der Waals surface area contributed by atoms with Crippen LogP contribution < -0.4 is 4.90 Å². The summed E-state index contributed by atoms with van der Waals surface area (Å²) in [7, 11) is 2.14. The van der Waals surface area contributed by atoms with Crippen LogP contribution in [0.15, 0.2) is 60.8 Å². The number of anilines is 1. The lowest BCUT2D eigenvalue weighted by Gasteiger charge is -2.24. The van der Waals surface area contributed by atoms with Gasteiger partial charge >= 0.3 is 0 Å². The molecule has 124 valence electrons. The zero-order valence-electron chi connectivity index (χ0n) is 14.5. The Bertz CT molecular complexity index is 697. The molecule has 1 heterocycles. The maximum absolute atomic E-state index is 2.38. The van der Waals surface area contributed by atoms with Crippen LogP contribution >= 0.6 is 0 Å². The molecule has 0 radical (unpaired) electrons. The summed E-state index contributed by atoms with van der Waals surface area (Å²) >= 11 is 0. The van der Waals surface area contributed by atoms with E-state index < -0.39 is 0 Å². The largest absolute Gasteiger partial charge is 0.361 e. The molecular weight excluding hydrogens is 292 g/mol. The molecular formula is C22H26N2. The molecule has 2 aliphatic rings. The Labute approximate surface area is 145 Å². The van der Waals surface area contributed by atoms with Crippen molar-refractivity contribution in [3.63, 3.8) is 0 Å². The SMILES string of the molecule is CN1C=C(c2ccc(C3CCCCC3)cc2)N(c2ccccc2)C1. The molecule has 0 saturated heterocycles. The van der Waals surface area contributed by atoms with E-state index in [2.05, 4.69) is 77.6 Å². The third-order valence-corrected chi connectivity index (χ3v) is 5.35. The van der Waals surface area contributed by atoms with Crippen molar-refractivity contribution in [2.24, 2.45) is 0 Å². The van der Waals surface area contributed by atoms with E-state index in [1.165, 1.54) is 54.6 Å². The van der Waals surface area contributed by atoms with Crippen LogP contribution in [-0.4, -0.2) is 18.6 Å². The molecule has 0 N–H and O–H groups in total. The minimum absolute atomic E-state index is 0.776. The molecule has 1 aliphatic carbocycles. The molecule has 0 bridgehead atoms. The fourth-order valence-corrected chi connectivity index (χ4v) is 4.04. The smallest absolute Gasteiger partial charge is 0.0945 e. The van der Waals surface area contributed by atoms with Gasteiger partial charge in [0, 0.05) is 18.9 Å². The molecule has 24 heavy (non-hydrogen) atoms. The lowest BCUT2D eigenvalue weighted by atomic mass is 9.84. The maximum Gasteiger partial charge on any atom is 0.0945 e. The molecule has 0 atom stereocenters. The monoisotopic (exact) mass is 318 g/mol. The Morgan fingerprint density at radius 2 is 1.54 bits per heavy atom. The van der Waals surface area contributed by atoms with Crippen molar-refractivity contribution in [1.82, 2.24) is 4.90 Å². The fraction of sp³-hybridized carbons (Fsp3) is 0.364. The van der Waals surface area contributed by atoms with Gasteiger partial charge in [0.1, 0.15) is 0 Å². The Morgan fingerprint density at radius 1 is 0.833 bits per heavy atom. The summed E-state index contributed by atoms with van der Waals surface area (Å²) in [5.74, 6) is 0.776. The number of rotatable bonds is 3. The quantitative estimate of drug-likeness (QED) is 0.743. The van der Waals surface area contributed by atoms with Crippen LogP contribution in [0.5, 0.6) is 0 Å². The Morgan fingerprint density at radius 3 is 2.25 bits per heavy atom. The summed E-state index contributed by atoms with van der Waals surface area (Å²) in [4.78, 5) is 4.63. The zero-order valence-corrected chi connectivity index (χ0v) is 14.5. The van der Waals surface area contributed by atoms with E-state index in [9.17, 15) is 0 Å². The highest BCUT2D eigenvalue weighted by Gasteiger charge is 2.22. The van der Waals surface area contributed by atoms with Crippen LogP contribution in [0.2, 0.25) is 0 Å². The average molecular weight is 318 g/mol. The third kappa shape index (κ3) is 3.06. The second-order valence-corrected chi connectivity index (χ2v) is 7.13. The summed E-state index contributed by atoms with van der Waals surface area (Å²) < 4.78 is 0. The van der Waals surface area contributed by atoms with E-state index in [1.54, 1.807) is 0 Å². The summed E-state index contributed by atoms with van der Waals surface area (Å²) in [6, 6.07) is 20.0. The van der Waals surface area contributed by atoms with Crippen LogP contribution in [0.4, 0.5) is 5.69 Å². The minimum Gasteiger partial charge on any atom is -0.361 e. The van der Waals surface area contributed by atoms with Crippen LogP contribution in [0.25, 0.3) is 5.70 Å². The van der Waals surface area contributed by atoms with Crippen molar-refractivity contribution >= 4 is 11.4 Å². The van der Waals surface area contributed by atoms with Gasteiger partial charge in [0.15, 0.2) is 0 Å². The van der Waals surface area contributed by atoms with E-state index in [1.807, 2.05) is 0 Å². The standard InChI is InChI=1S/C22H26N2/c1-23-16-22(24(17-23)21-10-6-3-7-11-21)20-14-12-19(13-15-20)18-8-4-2-5-9-18/h3,6-7,10-16,18H,2,4-5,8-9,17H2,1H3. The number of benzene rings is 2. The lowest BCUT2D eigenvalue weighted by Crippen LogP contribution is -2.23. The van der Waals surface area contributed by atoms with Gasteiger partial charge in [0.05, 0.1) is 12.4 Å². The highest BCUT2D eigenvalue weighted by molar-refractivity contribution is 5.80. The number of hydrogen-bond acceptors (Lipinski definition) is 2. The first kappa shape index (κ1) is 15.3. The van der Waals surface area contributed by atoms with E-state index in [4.69, 9.17) is 0 Å². The molecule has 0 spiro atoms. The zero-order chi connectivity index (χ0) is 16.4. The average Bonchev–Trinajstić information content (AvgIpc) is 3.05. The van der Waals surface area contributed by atoms with Gasteiger partial charge in [0.25, 0.3) is 0 Å². The highest BCUT2D eigenvalue weighted by atomic mass is 15.3. The molecule has 2 nitrogen and oxygen atoms in total. The molecule has 4 rings (SSSR count). The molecule has 0 aromatic heterocycles. The molecule has 2 aromatic carbocycles. The van der Waals surface area contributed by atoms with Crippen molar-refractivity contribution in [2.45, 2.75) is 38.0 Å². The summed E-state index contributed by atoms with van der Waals surface area (Å²) in [6.07, 6.45) is 9.18. The van der Waals surface area contributed by atoms with Gasteiger partial charge in [-0.15, -0.1) is 0 Å². The van der Waals surface area contributed by atoms with E-state index in [-0.39, 0.29) is 0 Å². The molecule has 0 unspecified atom stereocenters. The second-order valence-electron chi connectivity index (χ2n) is 7.13. The molecule has 1 aliphatic heterocycles. The van der Waals surface area contributed by atoms with Gasteiger partial charge in [-0.2, -0.15) is 0 Å². The summed E-state index contributed by atoms with van der Waals surface area (Å²) in [6.45, 7) is 0.906. The topological polar surface area (TPSA) is 6.48 Å². The Kier molecular flexibility index (Phi) is 4.29. The van der Waals surface area contributed by atoms with Gasteiger partial charge in [-0.1, -0.05) is 61.7 Å². The number of nitrogens with zero attached hydrogens (tertiary/aromatic N) is 2. The van der Waals surface area contributed by atoms with Gasteiger partial charge in [-0.3, -0.25) is 0 Å². The molecule has 1 fully saturated rings. The maximum atomic E-state index is 2.38. The first-order chi connectivity index (χ1) is 11.8. The van der Waals surface area contributed by atoms with E-state index in [0.717, 1.165) is 12.6 Å². The van der Waals surface area contributed by atoms with E-state index >= 15 is 0 Å². The third-order valence-electron chi connectivity index (χ3n) is 5.35. The van der Waals surface area contributed by atoms with Crippen LogP contribution in [-0.2, 0) is 0 Å². The van der Waals surface area contributed by atoms with Gasteiger partial charge in [-0.05, 0) is 42.0 Å². The summed E-state index contributed by atoms with van der Waals surface area (Å²) in [5, 5.41) is 0. The second kappa shape index (κ2) is 6.72. The Balaban J connectivity index is 1.58. The van der Waals surface area contributed by atoms with Crippen LogP contribution in [0.1, 0.15) is 49.1 Å². The van der Waals surface area contributed by atoms with Gasteiger partial charge in [-0.25, -0.2) is 0 Å². The number of hydrogen-bond donors (Lipinski definition) is 0. The normalized spacial score (nSPS) is 18.8. The van der Waals surface area contributed by atoms with Crippen molar-refractivity contribution in [1.29, 1.82) is 0 Å². The van der Waals surface area contributed by atoms with Crippen molar-refractivity contribution in [3.8, 4) is 0 Å². The van der Waals surface area contributed by atoms with E-state index in [0.29, 0.717) is 0 Å². The van der Waals surface area contributed by atoms with Crippen molar-refractivity contribution < 1.29 is 0 Å². The Hall–Kier alpha value is -2.22. The number of para-hydroxylation sites is 1. The predicted octanol–water partition coefficient (Wildman–Crippen LogP) is 5.44. The molecule has 0 amide bonds. The van der Waals surface area contributed by atoms with Gasteiger partial charge < -0.3 is 9.80 Å². The molecule has 2 heteroatoms. The lowest BCUT2D eigenvalue weighted by molar-refractivity contribution is 0.443. The highest BCUT2D eigenvalue weighted by Crippen LogP contribution is 2.35. The predicted molar refractivity (Wildman–Crippen MR) is 102 cm³/mol. The van der Waals surface area contributed by atoms with Crippen LogP contribution in [0.3, 0.4) is 0 Å². The van der Waals surface area contributed by atoms with Crippen molar-refractivity contribution in [2.75, 3.05) is 18.6 Å². The minimum atomic E-state index is 0.776. The van der Waals surface area contributed by atoms with Crippen molar-refractivity contribution in [3.05, 3.63) is 71.9 Å². The fourth-order valence-electron chi connectivity index (χ4n) is 4.04. The van der Waals surface area contributed by atoms with Crippen LogP contribution in [0, 0.1) is 0 Å². The first-order valence-corrected chi connectivity index (χ1v) is 9.16. The van der Waals surface area contributed by atoms with Gasteiger partial charge in [0.2, 0.25) is 0 Å². The molecule has 2 aromatic rings.